The molecule has 0 spiro atoms. The van der Waals surface area contributed by atoms with Crippen LogP contribution in [0.25, 0.3) is 10.9 Å². The molecule has 1 N–H and O–H groups in total. The van der Waals surface area contributed by atoms with E-state index in [1.807, 2.05) is 24.3 Å². The summed E-state index contributed by atoms with van der Waals surface area (Å²) in [6.45, 7) is 2.79. The third-order valence-corrected chi connectivity index (χ3v) is 6.01. The highest BCUT2D eigenvalue weighted by molar-refractivity contribution is 5.76. The van der Waals surface area contributed by atoms with Crippen LogP contribution >= 0.6 is 0 Å². The lowest BCUT2D eigenvalue weighted by Crippen LogP contribution is -2.38. The quantitative estimate of drug-likeness (QED) is 0.743. The molecule has 4 heteroatoms. The van der Waals surface area contributed by atoms with Gasteiger partial charge in [-0.2, -0.15) is 0 Å². The maximum absolute atomic E-state index is 10.7. The van der Waals surface area contributed by atoms with Crippen LogP contribution in [0.1, 0.15) is 77.0 Å². The summed E-state index contributed by atoms with van der Waals surface area (Å²) in [5, 5.41) is 0.951. The summed E-state index contributed by atoms with van der Waals surface area (Å²) in [5.74, 6) is 0. The van der Waals surface area contributed by atoms with Crippen molar-refractivity contribution >= 4 is 10.9 Å². The molecule has 2 fully saturated rings. The average molecular weight is 370 g/mol. The molecule has 0 amide bonds. The molecule has 4 nitrogen and oxygen atoms in total. The van der Waals surface area contributed by atoms with Gasteiger partial charge in [-0.15, -0.1) is 0 Å². The van der Waals surface area contributed by atoms with Gasteiger partial charge in [0.15, 0.2) is 0 Å². The number of H-pyrrole nitrogens is 1. The number of nitrogens with zero attached hydrogens (tertiary/aromatic N) is 2. The van der Waals surface area contributed by atoms with Gasteiger partial charge < -0.3 is 9.88 Å². The Labute approximate surface area is 163 Å². The molecule has 0 unspecified atom stereocenters. The largest absolute Gasteiger partial charge is 0.345 e. The summed E-state index contributed by atoms with van der Waals surface area (Å²) in [6.07, 6.45) is 19.3. The van der Waals surface area contributed by atoms with Crippen molar-refractivity contribution in [3.63, 3.8) is 0 Å². The van der Waals surface area contributed by atoms with E-state index in [0.29, 0.717) is 0 Å². The molecule has 1 aromatic carbocycles. The Kier molecular flexibility index (Phi) is 8.34. The standard InChI is InChI=1S/C15H29N.C8H6N2O/c1-3-7-11-15(12-8-4-1)16-13-9-5-2-6-10-14-16;11-8-9-5-6-3-1-2-4-7(6)10-8/h15H,1-14H2;1-5H,(H,9,10,11). The molecule has 1 aliphatic carbocycles. The molecule has 2 aromatic rings. The summed E-state index contributed by atoms with van der Waals surface area (Å²) in [5.41, 5.74) is 0.524. The highest BCUT2D eigenvalue weighted by atomic mass is 16.1. The van der Waals surface area contributed by atoms with E-state index in [4.69, 9.17) is 0 Å². The van der Waals surface area contributed by atoms with Crippen LogP contribution in [-0.2, 0) is 0 Å². The molecule has 1 aromatic heterocycles. The van der Waals surface area contributed by atoms with Gasteiger partial charge in [-0.3, -0.25) is 0 Å². The SMILES string of the molecule is C1CCCC(N2CCCCCCC2)CCC1.O=c1ncc2ccccc2[nH]1. The zero-order chi connectivity index (χ0) is 18.7. The van der Waals surface area contributed by atoms with E-state index in [9.17, 15) is 4.79 Å². The van der Waals surface area contributed by atoms with Crippen molar-refractivity contribution in [1.82, 2.24) is 14.9 Å². The Balaban J connectivity index is 0.000000166. The number of fused-ring (bicyclic) bond motifs is 1. The fourth-order valence-corrected chi connectivity index (χ4v) is 4.44. The molecule has 4 rings (SSSR count). The lowest BCUT2D eigenvalue weighted by atomic mass is 9.94. The smallest absolute Gasteiger partial charge is 0.305 e. The third kappa shape index (κ3) is 6.76. The second-order valence-corrected chi connectivity index (χ2v) is 8.08. The summed E-state index contributed by atoms with van der Waals surface area (Å²) in [6, 6.07) is 8.47. The highest BCUT2D eigenvalue weighted by Gasteiger charge is 2.19. The predicted molar refractivity (Wildman–Crippen MR) is 113 cm³/mol. The van der Waals surface area contributed by atoms with Crippen LogP contribution in [-0.4, -0.2) is 34.0 Å². The molecule has 0 atom stereocenters. The number of aromatic amines is 1. The van der Waals surface area contributed by atoms with Gasteiger partial charge in [0.2, 0.25) is 0 Å². The van der Waals surface area contributed by atoms with Gasteiger partial charge in [0.1, 0.15) is 0 Å². The monoisotopic (exact) mass is 369 g/mol. The average Bonchev–Trinajstić information content (AvgIpc) is 2.63. The van der Waals surface area contributed by atoms with Crippen LogP contribution in [0.5, 0.6) is 0 Å². The molecular weight excluding hydrogens is 334 g/mol. The molecule has 2 heterocycles. The predicted octanol–water partition coefficient (Wildman–Crippen LogP) is 5.29. The zero-order valence-electron chi connectivity index (χ0n) is 16.7. The second kappa shape index (κ2) is 11.2. The van der Waals surface area contributed by atoms with Gasteiger partial charge in [0.05, 0.1) is 5.52 Å². The molecule has 0 bridgehead atoms. The van der Waals surface area contributed by atoms with E-state index in [2.05, 4.69) is 14.9 Å². The van der Waals surface area contributed by atoms with Crippen LogP contribution in [0.2, 0.25) is 0 Å². The van der Waals surface area contributed by atoms with Gasteiger partial charge in [-0.1, -0.05) is 69.6 Å². The fraction of sp³-hybridized carbons (Fsp3) is 0.652. The molecule has 148 valence electrons. The summed E-state index contributed by atoms with van der Waals surface area (Å²) in [7, 11) is 0. The van der Waals surface area contributed by atoms with Crippen molar-refractivity contribution in [2.45, 2.75) is 83.1 Å². The first-order valence-electron chi connectivity index (χ1n) is 11.0. The minimum atomic E-state index is -0.302. The van der Waals surface area contributed by atoms with Gasteiger partial charge in [0, 0.05) is 17.6 Å². The Bertz CT molecular complexity index is 691. The van der Waals surface area contributed by atoms with Gasteiger partial charge in [-0.25, -0.2) is 9.78 Å². The Hall–Kier alpha value is -1.68. The molecule has 1 saturated carbocycles. The van der Waals surface area contributed by atoms with Crippen LogP contribution in [0, 0.1) is 0 Å². The van der Waals surface area contributed by atoms with E-state index >= 15 is 0 Å². The molecule has 0 radical (unpaired) electrons. The van der Waals surface area contributed by atoms with Crippen LogP contribution < -0.4 is 5.69 Å². The molecular formula is C23H35N3O. The fourth-order valence-electron chi connectivity index (χ4n) is 4.44. The third-order valence-electron chi connectivity index (χ3n) is 6.01. The van der Waals surface area contributed by atoms with E-state index in [0.717, 1.165) is 16.9 Å². The minimum Gasteiger partial charge on any atom is -0.305 e. The van der Waals surface area contributed by atoms with Crippen molar-refractivity contribution < 1.29 is 0 Å². The van der Waals surface area contributed by atoms with Crippen molar-refractivity contribution in [2.75, 3.05) is 13.1 Å². The van der Waals surface area contributed by atoms with E-state index in [-0.39, 0.29) is 5.69 Å². The summed E-state index contributed by atoms with van der Waals surface area (Å²) < 4.78 is 0. The maximum Gasteiger partial charge on any atom is 0.345 e. The number of hydrogen-bond acceptors (Lipinski definition) is 3. The number of hydrogen-bond donors (Lipinski definition) is 1. The van der Waals surface area contributed by atoms with Crippen molar-refractivity contribution in [1.29, 1.82) is 0 Å². The molecule has 1 saturated heterocycles. The topological polar surface area (TPSA) is 49.0 Å². The number of likely N-dealkylation sites (tertiary alicyclic amines) is 1. The molecule has 27 heavy (non-hydrogen) atoms. The van der Waals surface area contributed by atoms with Crippen molar-refractivity contribution in [3.05, 3.63) is 40.9 Å². The van der Waals surface area contributed by atoms with Gasteiger partial charge in [0.25, 0.3) is 0 Å². The first-order valence-corrected chi connectivity index (χ1v) is 11.0. The number of para-hydroxylation sites is 1. The highest BCUT2D eigenvalue weighted by Crippen LogP contribution is 2.23. The number of nitrogens with one attached hydrogen (secondary N) is 1. The van der Waals surface area contributed by atoms with E-state index in [1.54, 1.807) is 6.20 Å². The Morgan fingerprint density at radius 1 is 0.815 bits per heavy atom. The summed E-state index contributed by atoms with van der Waals surface area (Å²) in [4.78, 5) is 19.8. The lowest BCUT2D eigenvalue weighted by Gasteiger charge is -2.34. The van der Waals surface area contributed by atoms with Crippen LogP contribution in [0.15, 0.2) is 35.3 Å². The number of benzene rings is 1. The van der Waals surface area contributed by atoms with Crippen molar-refractivity contribution in [3.8, 4) is 0 Å². The Morgan fingerprint density at radius 3 is 2.11 bits per heavy atom. The summed E-state index contributed by atoms with van der Waals surface area (Å²) >= 11 is 0. The maximum atomic E-state index is 10.7. The van der Waals surface area contributed by atoms with Gasteiger partial charge >= 0.3 is 5.69 Å². The van der Waals surface area contributed by atoms with Gasteiger partial charge in [-0.05, 0) is 44.8 Å². The first kappa shape index (κ1) is 20.1. The van der Waals surface area contributed by atoms with E-state index < -0.39 is 0 Å². The molecule has 1 aliphatic heterocycles. The number of aromatic nitrogens is 2. The zero-order valence-corrected chi connectivity index (χ0v) is 16.7. The Morgan fingerprint density at radius 2 is 1.41 bits per heavy atom. The normalized spacial score (nSPS) is 20.6. The minimum absolute atomic E-state index is 0.302. The van der Waals surface area contributed by atoms with Crippen LogP contribution in [0.4, 0.5) is 0 Å². The van der Waals surface area contributed by atoms with E-state index in [1.165, 1.54) is 90.1 Å². The number of rotatable bonds is 1. The van der Waals surface area contributed by atoms with Crippen LogP contribution in [0.3, 0.4) is 0 Å². The lowest BCUT2D eigenvalue weighted by molar-refractivity contribution is 0.152. The first-order chi connectivity index (χ1) is 13.3. The second-order valence-electron chi connectivity index (χ2n) is 8.08. The van der Waals surface area contributed by atoms with Crippen molar-refractivity contribution in [2.24, 2.45) is 0 Å². The molecule has 2 aliphatic rings.